The highest BCUT2D eigenvalue weighted by Crippen LogP contribution is 2.23. The third-order valence-corrected chi connectivity index (χ3v) is 3.64. The lowest BCUT2D eigenvalue weighted by Gasteiger charge is -2.07. The maximum absolute atomic E-state index is 12.9. The molecule has 6 nitrogen and oxygen atoms in total. The van der Waals surface area contributed by atoms with Gasteiger partial charge in [0.25, 0.3) is 6.43 Å². The Morgan fingerprint density at radius 2 is 1.96 bits per heavy atom. The Balaban J connectivity index is 1.73. The Labute approximate surface area is 129 Å². The highest BCUT2D eigenvalue weighted by Gasteiger charge is 2.17. The summed E-state index contributed by atoms with van der Waals surface area (Å²) in [4.78, 5) is 0. The number of halogens is 2. The van der Waals surface area contributed by atoms with Crippen LogP contribution in [0.3, 0.4) is 0 Å². The van der Waals surface area contributed by atoms with Crippen molar-refractivity contribution in [1.29, 1.82) is 0 Å². The summed E-state index contributed by atoms with van der Waals surface area (Å²) in [5.74, 6) is -0.0331. The van der Waals surface area contributed by atoms with Gasteiger partial charge < -0.3 is 9.88 Å². The van der Waals surface area contributed by atoms with Gasteiger partial charge in [-0.3, -0.25) is 0 Å². The van der Waals surface area contributed by atoms with E-state index in [1.165, 1.54) is 0 Å². The minimum absolute atomic E-state index is 0.281. The quantitative estimate of drug-likeness (QED) is 0.630. The van der Waals surface area contributed by atoms with Gasteiger partial charge in [0.2, 0.25) is 5.82 Å². The van der Waals surface area contributed by atoms with Crippen LogP contribution in [0.4, 0.5) is 20.3 Å². The number of benzene rings is 1. The number of nitrogens with zero attached hydrogens (tertiary/aromatic N) is 5. The van der Waals surface area contributed by atoms with Crippen molar-refractivity contribution in [3.63, 3.8) is 0 Å². The fraction of sp³-hybridized carbons (Fsp3) is 0.133. The minimum Gasteiger partial charge on any atom is -0.350 e. The van der Waals surface area contributed by atoms with Crippen molar-refractivity contribution in [2.24, 2.45) is 7.05 Å². The first kappa shape index (κ1) is 13.6. The van der Waals surface area contributed by atoms with Gasteiger partial charge >= 0.3 is 0 Å². The topological polar surface area (TPSA) is 60.0 Å². The largest absolute Gasteiger partial charge is 0.350 e. The molecular weight excluding hydrogens is 302 g/mol. The van der Waals surface area contributed by atoms with Crippen molar-refractivity contribution in [3.8, 4) is 0 Å². The highest BCUT2D eigenvalue weighted by atomic mass is 19.3. The van der Waals surface area contributed by atoms with E-state index in [-0.39, 0.29) is 5.65 Å². The van der Waals surface area contributed by atoms with E-state index in [0.717, 1.165) is 21.1 Å². The molecule has 0 bridgehead atoms. The van der Waals surface area contributed by atoms with Crippen LogP contribution < -0.4 is 5.32 Å². The number of aryl methyl sites for hydroxylation is 1. The van der Waals surface area contributed by atoms with Crippen LogP contribution in [-0.2, 0) is 7.05 Å². The molecule has 0 saturated carbocycles. The third-order valence-electron chi connectivity index (χ3n) is 3.64. The van der Waals surface area contributed by atoms with E-state index >= 15 is 0 Å². The van der Waals surface area contributed by atoms with Crippen LogP contribution in [0.25, 0.3) is 16.6 Å². The molecule has 0 aliphatic rings. The first-order valence-corrected chi connectivity index (χ1v) is 6.94. The van der Waals surface area contributed by atoms with Crippen molar-refractivity contribution in [3.05, 3.63) is 48.4 Å². The average Bonchev–Trinajstić information content (AvgIpc) is 3.11. The van der Waals surface area contributed by atoms with Crippen molar-refractivity contribution >= 4 is 28.1 Å². The normalized spacial score (nSPS) is 11.7. The maximum Gasteiger partial charge on any atom is 0.299 e. The van der Waals surface area contributed by atoms with E-state index < -0.39 is 12.2 Å². The van der Waals surface area contributed by atoms with Gasteiger partial charge in [0, 0.05) is 24.4 Å². The zero-order valence-electron chi connectivity index (χ0n) is 12.1. The molecule has 0 spiro atoms. The molecule has 3 aromatic heterocycles. The van der Waals surface area contributed by atoms with E-state index in [0.29, 0.717) is 5.82 Å². The van der Waals surface area contributed by atoms with E-state index in [1.807, 2.05) is 42.1 Å². The smallest absolute Gasteiger partial charge is 0.299 e. The number of nitrogens with one attached hydrogen (secondary N) is 1. The second kappa shape index (κ2) is 5.01. The fourth-order valence-corrected chi connectivity index (χ4v) is 2.50. The van der Waals surface area contributed by atoms with E-state index in [1.54, 1.807) is 12.1 Å². The fourth-order valence-electron chi connectivity index (χ4n) is 2.50. The first-order valence-electron chi connectivity index (χ1n) is 6.94. The standard InChI is InChI=1S/C15H12F2N6/c1-22-7-6-9-2-3-10(8-11(9)22)18-12-4-5-13-19-20-15(14(16)17)23(13)21-12/h2-8,14H,1H3,(H,18,21). The molecule has 0 amide bonds. The monoisotopic (exact) mass is 314 g/mol. The van der Waals surface area contributed by atoms with Crippen LogP contribution in [0.5, 0.6) is 0 Å². The molecule has 0 fully saturated rings. The van der Waals surface area contributed by atoms with Crippen LogP contribution in [0.15, 0.2) is 42.6 Å². The second-order valence-corrected chi connectivity index (χ2v) is 5.17. The summed E-state index contributed by atoms with van der Waals surface area (Å²) in [7, 11) is 1.96. The Morgan fingerprint density at radius 3 is 2.78 bits per heavy atom. The summed E-state index contributed by atoms with van der Waals surface area (Å²) in [6.07, 6.45) is -0.752. The van der Waals surface area contributed by atoms with Gasteiger partial charge in [-0.2, -0.15) is 4.52 Å². The number of aromatic nitrogens is 5. The molecule has 0 aliphatic carbocycles. The summed E-state index contributed by atoms with van der Waals surface area (Å²) >= 11 is 0. The summed E-state index contributed by atoms with van der Waals surface area (Å²) in [5, 5.41) is 15.5. The number of rotatable bonds is 3. The molecular formula is C15H12F2N6. The van der Waals surface area contributed by atoms with Gasteiger partial charge in [-0.15, -0.1) is 15.3 Å². The predicted molar refractivity (Wildman–Crippen MR) is 81.9 cm³/mol. The van der Waals surface area contributed by atoms with Crippen LogP contribution in [0, 0.1) is 0 Å². The SMILES string of the molecule is Cn1ccc2ccc(Nc3ccc4nnc(C(F)F)n4n3)cc21. The number of alkyl halides is 2. The average molecular weight is 314 g/mol. The molecule has 0 atom stereocenters. The van der Waals surface area contributed by atoms with Crippen molar-refractivity contribution in [1.82, 2.24) is 24.4 Å². The van der Waals surface area contributed by atoms with Crippen LogP contribution in [0.2, 0.25) is 0 Å². The number of hydrogen-bond donors (Lipinski definition) is 1. The Kier molecular flexibility index (Phi) is 2.97. The maximum atomic E-state index is 12.9. The number of fused-ring (bicyclic) bond motifs is 2. The summed E-state index contributed by atoms with van der Waals surface area (Å²) in [5.41, 5.74) is 2.16. The molecule has 3 heterocycles. The summed E-state index contributed by atoms with van der Waals surface area (Å²) in [6, 6.07) is 11.2. The number of hydrogen-bond acceptors (Lipinski definition) is 4. The van der Waals surface area contributed by atoms with E-state index in [9.17, 15) is 8.78 Å². The summed E-state index contributed by atoms with van der Waals surface area (Å²) in [6.45, 7) is 0. The van der Waals surface area contributed by atoms with Gasteiger partial charge in [0.05, 0.1) is 0 Å². The lowest BCUT2D eigenvalue weighted by molar-refractivity contribution is 0.137. The van der Waals surface area contributed by atoms with Gasteiger partial charge in [0.15, 0.2) is 11.5 Å². The van der Waals surface area contributed by atoms with Crippen LogP contribution in [0.1, 0.15) is 12.2 Å². The molecule has 4 rings (SSSR count). The molecule has 0 unspecified atom stereocenters. The molecule has 0 saturated heterocycles. The summed E-state index contributed by atoms with van der Waals surface area (Å²) < 4.78 is 28.8. The Morgan fingerprint density at radius 1 is 1.09 bits per heavy atom. The van der Waals surface area contributed by atoms with Gasteiger partial charge in [-0.1, -0.05) is 6.07 Å². The molecule has 116 valence electrons. The highest BCUT2D eigenvalue weighted by molar-refractivity contribution is 5.84. The predicted octanol–water partition coefficient (Wildman–Crippen LogP) is 3.30. The molecule has 8 heteroatoms. The van der Waals surface area contributed by atoms with Gasteiger partial charge in [-0.25, -0.2) is 8.78 Å². The zero-order chi connectivity index (χ0) is 16.0. The lowest BCUT2D eigenvalue weighted by Crippen LogP contribution is -2.03. The molecule has 4 aromatic rings. The molecule has 1 N–H and O–H groups in total. The van der Waals surface area contributed by atoms with Gasteiger partial charge in [-0.05, 0) is 35.7 Å². The van der Waals surface area contributed by atoms with Gasteiger partial charge in [0.1, 0.15) is 0 Å². The number of anilines is 2. The van der Waals surface area contributed by atoms with Crippen molar-refractivity contribution in [2.75, 3.05) is 5.32 Å². The van der Waals surface area contributed by atoms with E-state index in [4.69, 9.17) is 0 Å². The molecule has 1 aromatic carbocycles. The van der Waals surface area contributed by atoms with Crippen LogP contribution in [-0.4, -0.2) is 24.4 Å². The second-order valence-electron chi connectivity index (χ2n) is 5.17. The Bertz CT molecular complexity index is 1000. The minimum atomic E-state index is -2.73. The molecule has 0 radical (unpaired) electrons. The third kappa shape index (κ3) is 2.28. The van der Waals surface area contributed by atoms with E-state index in [2.05, 4.69) is 20.6 Å². The Hall–Kier alpha value is -3.03. The first-order chi connectivity index (χ1) is 11.1. The van der Waals surface area contributed by atoms with Crippen LogP contribution >= 0.6 is 0 Å². The zero-order valence-corrected chi connectivity index (χ0v) is 12.1. The lowest BCUT2D eigenvalue weighted by atomic mass is 10.2. The van der Waals surface area contributed by atoms with Crippen molar-refractivity contribution < 1.29 is 8.78 Å². The molecule has 0 aliphatic heterocycles. The van der Waals surface area contributed by atoms with Crippen molar-refractivity contribution in [2.45, 2.75) is 6.43 Å². The molecule has 23 heavy (non-hydrogen) atoms.